The van der Waals surface area contributed by atoms with Crippen molar-refractivity contribution >= 4 is 23.3 Å². The van der Waals surface area contributed by atoms with Gasteiger partial charge >= 0.3 is 5.97 Å². The summed E-state index contributed by atoms with van der Waals surface area (Å²) in [5, 5.41) is 19.1. The van der Waals surface area contributed by atoms with Crippen molar-refractivity contribution in [2.75, 3.05) is 11.9 Å². The van der Waals surface area contributed by atoms with E-state index < -0.39 is 17.6 Å². The molecule has 0 spiro atoms. The molecule has 5 N–H and O–H groups in total. The number of nitrogens with one attached hydrogen (secondary N) is 2. The summed E-state index contributed by atoms with van der Waals surface area (Å²) in [6.45, 7) is -0.261. The van der Waals surface area contributed by atoms with Gasteiger partial charge in [0, 0.05) is 23.6 Å². The minimum absolute atomic E-state index is 0.103. The Balaban J connectivity index is 2.21. The van der Waals surface area contributed by atoms with E-state index in [-0.39, 0.29) is 18.7 Å². The first kappa shape index (κ1) is 16.9. The lowest BCUT2D eigenvalue weighted by atomic mass is 10.1. The van der Waals surface area contributed by atoms with E-state index in [0.29, 0.717) is 17.3 Å². The van der Waals surface area contributed by atoms with E-state index in [1.54, 1.807) is 24.5 Å². The summed E-state index contributed by atoms with van der Waals surface area (Å²) in [5.74, 6) is -1.17. The number of carbonyl (C=O) groups is 2. The van der Waals surface area contributed by atoms with Crippen LogP contribution in [0.25, 0.3) is 0 Å². The van der Waals surface area contributed by atoms with E-state index >= 15 is 0 Å². The summed E-state index contributed by atoms with van der Waals surface area (Å²) in [6, 6.07) is 6.20. The number of hydrogen-bond acceptors (Lipinski definition) is 7. The number of benzene rings is 1. The molecule has 0 saturated heterocycles. The zero-order valence-corrected chi connectivity index (χ0v) is 12.5. The molecule has 0 atom stereocenters. The maximum absolute atomic E-state index is 11.3. The molecule has 9 nitrogen and oxygen atoms in total. The summed E-state index contributed by atoms with van der Waals surface area (Å²) in [5.41, 5.74) is 5.13. The molecule has 2 aromatic rings. The summed E-state index contributed by atoms with van der Waals surface area (Å²) in [6.07, 6.45) is 3.16. The Kier molecular flexibility index (Phi) is 5.40. The molecule has 0 aliphatic carbocycles. The summed E-state index contributed by atoms with van der Waals surface area (Å²) in [7, 11) is 0. The number of rotatable bonds is 8. The van der Waals surface area contributed by atoms with Gasteiger partial charge in [0.15, 0.2) is 5.82 Å². The highest BCUT2D eigenvalue weighted by Gasteiger charge is 2.15. The predicted octanol–water partition coefficient (Wildman–Crippen LogP) is 0.405. The van der Waals surface area contributed by atoms with Crippen molar-refractivity contribution < 1.29 is 19.4 Å². The molecule has 0 fully saturated rings. The molecule has 9 heteroatoms. The van der Waals surface area contributed by atoms with Crippen LogP contribution in [0.1, 0.15) is 11.4 Å². The van der Waals surface area contributed by atoms with Crippen LogP contribution in [0.15, 0.2) is 36.7 Å². The Labute approximate surface area is 137 Å². The quantitative estimate of drug-likeness (QED) is 0.512. The van der Waals surface area contributed by atoms with Crippen LogP contribution in [-0.4, -0.2) is 39.2 Å². The average molecular weight is 329 g/mol. The zero-order chi connectivity index (χ0) is 17.5. The number of hydrogen-bond donors (Lipinski definition) is 4. The number of ether oxygens (including phenoxy) is 1. The Morgan fingerprint density at radius 1 is 1.29 bits per heavy atom. The second kappa shape index (κ2) is 7.68. The fourth-order valence-corrected chi connectivity index (χ4v) is 1.83. The molecule has 0 saturated carbocycles. The van der Waals surface area contributed by atoms with Gasteiger partial charge in [0.2, 0.25) is 0 Å². The van der Waals surface area contributed by atoms with Gasteiger partial charge < -0.3 is 20.9 Å². The first-order valence-corrected chi connectivity index (χ1v) is 6.84. The molecule has 24 heavy (non-hydrogen) atoms. The van der Waals surface area contributed by atoms with Crippen molar-refractivity contribution in [3.63, 3.8) is 0 Å². The number of aromatic nitrogens is 2. The second-order valence-electron chi connectivity index (χ2n) is 4.65. The van der Waals surface area contributed by atoms with Crippen LogP contribution in [0.2, 0.25) is 0 Å². The van der Waals surface area contributed by atoms with Crippen LogP contribution in [0.4, 0.5) is 5.69 Å². The second-order valence-corrected chi connectivity index (χ2v) is 4.65. The topological polar surface area (TPSA) is 151 Å². The number of carbonyl (C=O) groups excluding carboxylic acids is 1. The SMILES string of the molecule is N=C(C(N)=O)c1cc(OCc2ncccn2)ccc1NCC(=O)O. The van der Waals surface area contributed by atoms with Crippen LogP contribution in [0.5, 0.6) is 5.75 Å². The van der Waals surface area contributed by atoms with Crippen LogP contribution in [-0.2, 0) is 16.2 Å². The van der Waals surface area contributed by atoms with E-state index in [4.69, 9.17) is 21.0 Å². The van der Waals surface area contributed by atoms with Crippen LogP contribution < -0.4 is 15.8 Å². The summed E-state index contributed by atoms with van der Waals surface area (Å²) >= 11 is 0. The first-order valence-electron chi connectivity index (χ1n) is 6.84. The van der Waals surface area contributed by atoms with Gasteiger partial charge in [-0.05, 0) is 24.3 Å². The molecule has 1 aromatic carbocycles. The maximum atomic E-state index is 11.3. The lowest BCUT2D eigenvalue weighted by Gasteiger charge is -2.13. The molecule has 2 rings (SSSR count). The monoisotopic (exact) mass is 329 g/mol. The molecular formula is C15H15N5O4. The first-order chi connectivity index (χ1) is 11.5. The van der Waals surface area contributed by atoms with Gasteiger partial charge in [0.05, 0.1) is 0 Å². The maximum Gasteiger partial charge on any atom is 0.322 e. The van der Waals surface area contributed by atoms with Gasteiger partial charge in [-0.25, -0.2) is 9.97 Å². The van der Waals surface area contributed by atoms with Gasteiger partial charge in [-0.1, -0.05) is 0 Å². The molecule has 0 unspecified atom stereocenters. The Bertz CT molecular complexity index is 764. The standard InChI is InChI=1S/C15H15N5O4/c16-14(15(17)23)10-6-9(2-3-11(10)20-7-13(21)22)24-8-12-18-4-1-5-19-12/h1-6,16,20H,7-8H2,(H2,17,23)(H,21,22). The van der Waals surface area contributed by atoms with E-state index in [1.807, 2.05) is 0 Å². The summed E-state index contributed by atoms with van der Waals surface area (Å²) < 4.78 is 5.53. The molecule has 0 aliphatic rings. The number of aliphatic carboxylic acids is 1. The van der Waals surface area contributed by atoms with E-state index in [1.165, 1.54) is 12.1 Å². The number of primary amides is 1. The largest absolute Gasteiger partial charge is 0.486 e. The molecule has 0 bridgehead atoms. The number of amides is 1. The van der Waals surface area contributed by atoms with Crippen molar-refractivity contribution in [2.45, 2.75) is 6.61 Å². The Morgan fingerprint density at radius 3 is 2.62 bits per heavy atom. The van der Waals surface area contributed by atoms with Gasteiger partial charge in [-0.3, -0.25) is 15.0 Å². The van der Waals surface area contributed by atoms with E-state index in [0.717, 1.165) is 0 Å². The van der Waals surface area contributed by atoms with Crippen molar-refractivity contribution in [2.24, 2.45) is 5.73 Å². The zero-order valence-electron chi connectivity index (χ0n) is 12.5. The van der Waals surface area contributed by atoms with Crippen LogP contribution >= 0.6 is 0 Å². The van der Waals surface area contributed by atoms with Crippen LogP contribution in [0.3, 0.4) is 0 Å². The van der Waals surface area contributed by atoms with Gasteiger partial charge in [-0.2, -0.15) is 0 Å². The highest BCUT2D eigenvalue weighted by atomic mass is 16.5. The number of nitrogens with two attached hydrogens (primary N) is 1. The van der Waals surface area contributed by atoms with Crippen LogP contribution in [0, 0.1) is 5.41 Å². The number of anilines is 1. The number of carboxylic acids is 1. The Hall–Kier alpha value is -3.49. The molecule has 1 heterocycles. The van der Waals surface area contributed by atoms with E-state index in [9.17, 15) is 9.59 Å². The lowest BCUT2D eigenvalue weighted by molar-refractivity contribution is -0.134. The van der Waals surface area contributed by atoms with Crippen molar-refractivity contribution in [3.8, 4) is 5.75 Å². The van der Waals surface area contributed by atoms with Gasteiger partial charge in [0.1, 0.15) is 24.6 Å². The molecular weight excluding hydrogens is 314 g/mol. The van der Waals surface area contributed by atoms with E-state index in [2.05, 4.69) is 15.3 Å². The third-order valence-electron chi connectivity index (χ3n) is 2.92. The fourth-order valence-electron chi connectivity index (χ4n) is 1.83. The minimum atomic E-state index is -1.08. The third kappa shape index (κ3) is 4.50. The number of nitrogens with zero attached hydrogens (tertiary/aromatic N) is 2. The third-order valence-corrected chi connectivity index (χ3v) is 2.92. The van der Waals surface area contributed by atoms with Crippen molar-refractivity contribution in [3.05, 3.63) is 48.0 Å². The van der Waals surface area contributed by atoms with Gasteiger partial charge in [-0.15, -0.1) is 0 Å². The molecule has 1 aromatic heterocycles. The smallest absolute Gasteiger partial charge is 0.322 e. The molecule has 0 aliphatic heterocycles. The van der Waals surface area contributed by atoms with Gasteiger partial charge in [0.25, 0.3) is 5.91 Å². The Morgan fingerprint density at radius 2 is 2.00 bits per heavy atom. The minimum Gasteiger partial charge on any atom is -0.486 e. The normalized spacial score (nSPS) is 10.0. The average Bonchev–Trinajstić information content (AvgIpc) is 2.58. The molecule has 0 radical (unpaired) electrons. The highest BCUT2D eigenvalue weighted by molar-refractivity contribution is 6.44. The van der Waals surface area contributed by atoms with Crippen molar-refractivity contribution in [1.82, 2.24) is 9.97 Å². The number of carboxylic acid groups (broad SMARTS) is 1. The highest BCUT2D eigenvalue weighted by Crippen LogP contribution is 2.23. The van der Waals surface area contributed by atoms with Crippen molar-refractivity contribution in [1.29, 1.82) is 5.41 Å². The summed E-state index contributed by atoms with van der Waals surface area (Å²) in [4.78, 5) is 30.0. The fraction of sp³-hybridized carbons (Fsp3) is 0.133. The lowest BCUT2D eigenvalue weighted by Crippen LogP contribution is -2.25. The molecule has 1 amide bonds. The predicted molar refractivity (Wildman–Crippen MR) is 85.0 cm³/mol. The molecule has 124 valence electrons.